The lowest BCUT2D eigenvalue weighted by atomic mass is 9.93. The van der Waals surface area contributed by atoms with Crippen molar-refractivity contribution in [3.63, 3.8) is 0 Å². The van der Waals surface area contributed by atoms with Crippen LogP contribution in [0.5, 0.6) is 0 Å². The van der Waals surface area contributed by atoms with Gasteiger partial charge in [-0.15, -0.1) is 0 Å². The number of hydrogen-bond acceptors (Lipinski definition) is 6. The Morgan fingerprint density at radius 3 is 2.66 bits per heavy atom. The predicted molar refractivity (Wildman–Crippen MR) is 108 cm³/mol. The molecule has 2 amide bonds. The Morgan fingerprint density at radius 2 is 2.00 bits per heavy atom. The van der Waals surface area contributed by atoms with Crippen molar-refractivity contribution in [3.8, 4) is 0 Å². The van der Waals surface area contributed by atoms with Gasteiger partial charge in [0.1, 0.15) is 5.57 Å². The Hall–Kier alpha value is -3.36. The molecule has 154 valence electrons. The second-order valence-corrected chi connectivity index (χ2v) is 7.33. The average molecular weight is 399 g/mol. The second kappa shape index (κ2) is 7.94. The van der Waals surface area contributed by atoms with Crippen LogP contribution < -0.4 is 16.8 Å². The highest BCUT2D eigenvalue weighted by molar-refractivity contribution is 6.22. The number of nitrogens with two attached hydrogens (primary N) is 2. The van der Waals surface area contributed by atoms with Gasteiger partial charge in [-0.3, -0.25) is 14.4 Å². The van der Waals surface area contributed by atoms with Crippen LogP contribution in [0.1, 0.15) is 43.0 Å². The quantitative estimate of drug-likeness (QED) is 0.283. The van der Waals surface area contributed by atoms with E-state index in [9.17, 15) is 14.4 Å². The number of amides is 2. The zero-order chi connectivity index (χ0) is 21.2. The number of anilines is 1. The number of Topliss-reactive ketones (excluding diaryl/α,β-unsaturated/α-hetero) is 1. The maximum absolute atomic E-state index is 12.6. The molecule has 9 nitrogen and oxygen atoms in total. The van der Waals surface area contributed by atoms with Gasteiger partial charge in [-0.2, -0.15) is 0 Å². The van der Waals surface area contributed by atoms with E-state index in [0.29, 0.717) is 16.9 Å². The number of nitrogens with one attached hydrogen (secondary N) is 1. The topological polar surface area (TPSA) is 140 Å². The standard InChI is InChI=1S/C20H25N5O4/c1-12(26)13-6-5-7-14(10-13)23-15(27)11-29-24-18(22)16-17(21)20(8-3-4-9-20)25(2)19(16)28/h5-7,10H,3-4,8-9,11,21H2,1-2H3,(H2,22,24)(H,23,27). The summed E-state index contributed by atoms with van der Waals surface area (Å²) in [6.07, 6.45) is 3.56. The van der Waals surface area contributed by atoms with Gasteiger partial charge in [0.25, 0.3) is 11.8 Å². The minimum Gasteiger partial charge on any atom is -0.399 e. The molecule has 0 bridgehead atoms. The fourth-order valence-corrected chi connectivity index (χ4v) is 3.92. The molecule has 29 heavy (non-hydrogen) atoms. The molecule has 2 aliphatic rings. The van der Waals surface area contributed by atoms with Crippen molar-refractivity contribution >= 4 is 29.1 Å². The number of amidine groups is 1. The third-order valence-electron chi connectivity index (χ3n) is 5.53. The highest BCUT2D eigenvalue weighted by Crippen LogP contribution is 2.44. The summed E-state index contributed by atoms with van der Waals surface area (Å²) in [7, 11) is 1.71. The molecule has 1 fully saturated rings. The predicted octanol–water partition coefficient (Wildman–Crippen LogP) is 1.11. The van der Waals surface area contributed by atoms with E-state index in [2.05, 4.69) is 10.5 Å². The first-order chi connectivity index (χ1) is 13.8. The molecule has 1 aromatic carbocycles. The van der Waals surface area contributed by atoms with Gasteiger partial charge < -0.3 is 26.5 Å². The van der Waals surface area contributed by atoms with Gasteiger partial charge in [0, 0.05) is 18.3 Å². The maximum Gasteiger partial charge on any atom is 0.265 e. The number of ketones is 1. The lowest BCUT2D eigenvalue weighted by Crippen LogP contribution is -2.45. The van der Waals surface area contributed by atoms with E-state index < -0.39 is 18.1 Å². The number of oxime groups is 1. The number of nitrogens with zero attached hydrogens (tertiary/aromatic N) is 2. The first-order valence-corrected chi connectivity index (χ1v) is 9.41. The zero-order valence-electron chi connectivity index (χ0n) is 16.5. The summed E-state index contributed by atoms with van der Waals surface area (Å²) in [5.41, 5.74) is 13.2. The molecular weight excluding hydrogens is 374 g/mol. The molecule has 1 aromatic rings. The smallest absolute Gasteiger partial charge is 0.265 e. The Balaban J connectivity index is 1.63. The van der Waals surface area contributed by atoms with Crippen molar-refractivity contribution in [1.82, 2.24) is 4.90 Å². The lowest BCUT2D eigenvalue weighted by molar-refractivity contribution is -0.127. The van der Waals surface area contributed by atoms with Gasteiger partial charge in [-0.05, 0) is 31.9 Å². The molecule has 1 saturated carbocycles. The van der Waals surface area contributed by atoms with Crippen molar-refractivity contribution in [2.75, 3.05) is 19.0 Å². The fourth-order valence-electron chi connectivity index (χ4n) is 3.92. The molecule has 0 saturated heterocycles. The Morgan fingerprint density at radius 1 is 1.31 bits per heavy atom. The van der Waals surface area contributed by atoms with Gasteiger partial charge in [0.15, 0.2) is 18.2 Å². The van der Waals surface area contributed by atoms with Gasteiger partial charge >= 0.3 is 0 Å². The van der Waals surface area contributed by atoms with Crippen molar-refractivity contribution in [2.24, 2.45) is 16.6 Å². The molecule has 1 aliphatic heterocycles. The molecule has 1 spiro atoms. The molecule has 1 aliphatic carbocycles. The molecular formula is C20H25N5O4. The molecule has 1 heterocycles. The van der Waals surface area contributed by atoms with Crippen LogP contribution in [0.2, 0.25) is 0 Å². The summed E-state index contributed by atoms with van der Waals surface area (Å²) in [5, 5.41) is 6.32. The number of rotatable bonds is 6. The van der Waals surface area contributed by atoms with E-state index in [4.69, 9.17) is 16.3 Å². The van der Waals surface area contributed by atoms with Crippen LogP contribution in [-0.2, 0) is 14.4 Å². The van der Waals surface area contributed by atoms with Crippen LogP contribution in [0.25, 0.3) is 0 Å². The summed E-state index contributed by atoms with van der Waals surface area (Å²) in [6, 6.07) is 6.54. The summed E-state index contributed by atoms with van der Waals surface area (Å²) < 4.78 is 0. The summed E-state index contributed by atoms with van der Waals surface area (Å²) in [6.45, 7) is 1.03. The van der Waals surface area contributed by atoms with Crippen LogP contribution in [0.15, 0.2) is 40.7 Å². The normalized spacial score (nSPS) is 18.5. The number of carbonyl (C=O) groups is 3. The Bertz CT molecular complexity index is 915. The largest absolute Gasteiger partial charge is 0.399 e. The molecule has 0 aromatic heterocycles. The molecule has 0 unspecified atom stereocenters. The number of benzene rings is 1. The molecule has 3 rings (SSSR count). The van der Waals surface area contributed by atoms with Gasteiger partial charge in [0.05, 0.1) is 11.2 Å². The van der Waals surface area contributed by atoms with E-state index in [1.54, 1.807) is 36.2 Å². The highest BCUT2D eigenvalue weighted by Gasteiger charge is 2.51. The Kier molecular flexibility index (Phi) is 5.58. The first kappa shape index (κ1) is 20.4. The minimum atomic E-state index is -0.494. The van der Waals surface area contributed by atoms with Crippen LogP contribution in [0.4, 0.5) is 5.69 Å². The van der Waals surface area contributed by atoms with Gasteiger partial charge in [0.2, 0.25) is 0 Å². The lowest BCUT2D eigenvalue weighted by Gasteiger charge is -2.33. The van der Waals surface area contributed by atoms with Crippen molar-refractivity contribution < 1.29 is 19.2 Å². The van der Waals surface area contributed by atoms with Crippen molar-refractivity contribution in [1.29, 1.82) is 0 Å². The number of hydrogen-bond donors (Lipinski definition) is 3. The zero-order valence-corrected chi connectivity index (χ0v) is 16.5. The monoisotopic (exact) mass is 399 g/mol. The highest BCUT2D eigenvalue weighted by atomic mass is 16.6. The summed E-state index contributed by atoms with van der Waals surface area (Å²) >= 11 is 0. The van der Waals surface area contributed by atoms with Gasteiger partial charge in [-0.25, -0.2) is 0 Å². The fraction of sp³-hybridized carbons (Fsp3) is 0.400. The average Bonchev–Trinajstić information content (AvgIpc) is 3.24. The van der Waals surface area contributed by atoms with Crippen molar-refractivity contribution in [2.45, 2.75) is 38.1 Å². The maximum atomic E-state index is 12.6. The summed E-state index contributed by atoms with van der Waals surface area (Å²) in [4.78, 5) is 42.7. The SMILES string of the molecule is CC(=O)c1cccc(NC(=O)CO/N=C(\N)C2=C(N)C3(CCCC3)N(C)C2=O)c1. The molecule has 5 N–H and O–H groups in total. The van der Waals surface area contributed by atoms with E-state index in [1.165, 1.54) is 6.92 Å². The molecule has 0 radical (unpaired) electrons. The second-order valence-electron chi connectivity index (χ2n) is 7.33. The number of carbonyl (C=O) groups excluding carboxylic acids is 3. The third kappa shape index (κ3) is 3.80. The third-order valence-corrected chi connectivity index (χ3v) is 5.53. The Labute approximate surface area is 168 Å². The minimum absolute atomic E-state index is 0.105. The van der Waals surface area contributed by atoms with Crippen LogP contribution >= 0.6 is 0 Å². The van der Waals surface area contributed by atoms with E-state index in [0.717, 1.165) is 25.7 Å². The van der Waals surface area contributed by atoms with Crippen LogP contribution in [-0.4, -0.2) is 47.5 Å². The van der Waals surface area contributed by atoms with Crippen LogP contribution in [0, 0.1) is 0 Å². The van der Waals surface area contributed by atoms with E-state index in [-0.39, 0.29) is 23.1 Å². The number of likely N-dealkylation sites (N-methyl/N-ethyl adjacent to an activating group) is 1. The first-order valence-electron chi connectivity index (χ1n) is 9.41. The van der Waals surface area contributed by atoms with E-state index in [1.807, 2.05) is 0 Å². The molecule has 0 atom stereocenters. The van der Waals surface area contributed by atoms with Crippen LogP contribution in [0.3, 0.4) is 0 Å². The molecule has 9 heteroatoms. The summed E-state index contributed by atoms with van der Waals surface area (Å²) in [5.74, 6) is -1.02. The van der Waals surface area contributed by atoms with Crippen molar-refractivity contribution in [3.05, 3.63) is 41.1 Å². The van der Waals surface area contributed by atoms with E-state index >= 15 is 0 Å². The van der Waals surface area contributed by atoms with Gasteiger partial charge in [-0.1, -0.05) is 30.1 Å².